The number of guanidine groups is 1. The van der Waals surface area contributed by atoms with Gasteiger partial charge in [-0.25, -0.2) is 9.67 Å². The fourth-order valence-corrected chi connectivity index (χ4v) is 3.81. The number of aryl methyl sites for hydroxylation is 1. The molecule has 0 amide bonds. The molecular weight excluding hydrogens is 535 g/mol. The van der Waals surface area contributed by atoms with E-state index in [2.05, 4.69) is 41.5 Å². The molecule has 3 rings (SSSR count). The van der Waals surface area contributed by atoms with Gasteiger partial charge in [0.15, 0.2) is 11.8 Å². The van der Waals surface area contributed by atoms with E-state index >= 15 is 0 Å². The number of methoxy groups -OCH3 is 3. The standard InChI is InChI=1S/C23H36N6O3.HI/c1-7-24-23(26-16-8-9-21-27-22(15(2)3)28-29(21)14-16)25-11-10-18-19(31-5)12-17(30-4)13-20(18)32-6;/h12-13,15-16H,7-11,14H2,1-6H3,(H2,24,25,26);1H. The molecule has 0 radical (unpaired) electrons. The summed E-state index contributed by atoms with van der Waals surface area (Å²) >= 11 is 0. The zero-order valence-electron chi connectivity index (χ0n) is 20.5. The fraction of sp³-hybridized carbons (Fsp3) is 0.609. The van der Waals surface area contributed by atoms with E-state index in [-0.39, 0.29) is 30.0 Å². The molecule has 184 valence electrons. The van der Waals surface area contributed by atoms with Crippen molar-refractivity contribution >= 4 is 29.9 Å². The maximum absolute atomic E-state index is 5.55. The number of hydrogen-bond acceptors (Lipinski definition) is 6. The Morgan fingerprint density at radius 2 is 1.88 bits per heavy atom. The zero-order chi connectivity index (χ0) is 23.1. The summed E-state index contributed by atoms with van der Waals surface area (Å²) < 4.78 is 18.5. The Morgan fingerprint density at radius 1 is 1.18 bits per heavy atom. The molecule has 1 atom stereocenters. The van der Waals surface area contributed by atoms with Gasteiger partial charge in [0.05, 0.1) is 27.9 Å². The Hall–Kier alpha value is -2.24. The molecule has 0 spiro atoms. The van der Waals surface area contributed by atoms with Crippen LogP contribution >= 0.6 is 24.0 Å². The SMILES string of the molecule is CCNC(=NCCc1c(OC)cc(OC)cc1OC)NC1CCc2nc(C(C)C)nn2C1.I. The lowest BCUT2D eigenvalue weighted by Crippen LogP contribution is -2.47. The van der Waals surface area contributed by atoms with E-state index in [0.29, 0.717) is 24.6 Å². The molecule has 1 unspecified atom stereocenters. The van der Waals surface area contributed by atoms with Gasteiger partial charge < -0.3 is 24.8 Å². The number of aliphatic imine (C=N–C) groups is 1. The molecule has 0 bridgehead atoms. The van der Waals surface area contributed by atoms with E-state index in [1.54, 1.807) is 21.3 Å². The summed E-state index contributed by atoms with van der Waals surface area (Å²) in [5.74, 6) is 5.31. The van der Waals surface area contributed by atoms with Crippen molar-refractivity contribution in [1.82, 2.24) is 25.4 Å². The monoisotopic (exact) mass is 572 g/mol. The molecule has 10 heteroatoms. The van der Waals surface area contributed by atoms with E-state index in [1.165, 1.54) is 0 Å². The third kappa shape index (κ3) is 6.87. The Morgan fingerprint density at radius 3 is 2.45 bits per heavy atom. The topological polar surface area (TPSA) is 94.8 Å². The summed E-state index contributed by atoms with van der Waals surface area (Å²) in [6, 6.07) is 3.99. The molecule has 2 heterocycles. The van der Waals surface area contributed by atoms with Gasteiger partial charge in [0.2, 0.25) is 0 Å². The Bertz CT molecular complexity index is 906. The molecule has 1 aromatic heterocycles. The molecule has 2 N–H and O–H groups in total. The second kappa shape index (κ2) is 12.9. The first-order chi connectivity index (χ1) is 15.5. The quantitative estimate of drug-likeness (QED) is 0.271. The van der Waals surface area contributed by atoms with Crippen molar-refractivity contribution in [2.75, 3.05) is 34.4 Å². The number of rotatable bonds is 9. The summed E-state index contributed by atoms with van der Waals surface area (Å²) in [4.78, 5) is 9.47. The van der Waals surface area contributed by atoms with Crippen molar-refractivity contribution < 1.29 is 14.2 Å². The van der Waals surface area contributed by atoms with Crippen LogP contribution in [0.5, 0.6) is 17.2 Å². The largest absolute Gasteiger partial charge is 0.496 e. The number of benzene rings is 1. The predicted octanol–water partition coefficient (Wildman–Crippen LogP) is 3.16. The molecule has 0 fully saturated rings. The van der Waals surface area contributed by atoms with Gasteiger partial charge in [-0.15, -0.1) is 24.0 Å². The van der Waals surface area contributed by atoms with E-state index in [9.17, 15) is 0 Å². The molecule has 1 aliphatic heterocycles. The highest BCUT2D eigenvalue weighted by Gasteiger charge is 2.23. The summed E-state index contributed by atoms with van der Waals surface area (Å²) in [5, 5.41) is 11.6. The van der Waals surface area contributed by atoms with E-state index in [4.69, 9.17) is 19.2 Å². The third-order valence-electron chi connectivity index (χ3n) is 5.52. The molecule has 1 aromatic carbocycles. The van der Waals surface area contributed by atoms with Gasteiger partial charge in [-0.2, -0.15) is 5.10 Å². The Balaban J connectivity index is 0.00000385. The maximum Gasteiger partial charge on any atom is 0.191 e. The summed E-state index contributed by atoms with van der Waals surface area (Å²) in [7, 11) is 4.93. The van der Waals surface area contributed by atoms with Gasteiger partial charge in [0.1, 0.15) is 23.1 Å². The molecule has 0 aliphatic carbocycles. The number of aromatic nitrogens is 3. The highest BCUT2D eigenvalue weighted by molar-refractivity contribution is 14.0. The van der Waals surface area contributed by atoms with Crippen molar-refractivity contribution in [1.29, 1.82) is 0 Å². The average molecular weight is 572 g/mol. The van der Waals surface area contributed by atoms with Crippen molar-refractivity contribution in [3.8, 4) is 17.2 Å². The first-order valence-electron chi connectivity index (χ1n) is 11.3. The fourth-order valence-electron chi connectivity index (χ4n) is 3.81. The minimum atomic E-state index is 0. The van der Waals surface area contributed by atoms with Crippen LogP contribution in [0.2, 0.25) is 0 Å². The van der Waals surface area contributed by atoms with Crippen LogP contribution in [0, 0.1) is 0 Å². The number of fused-ring (bicyclic) bond motifs is 1. The van der Waals surface area contributed by atoms with Crippen LogP contribution < -0.4 is 24.8 Å². The third-order valence-corrected chi connectivity index (χ3v) is 5.52. The van der Waals surface area contributed by atoms with Crippen molar-refractivity contribution in [3.63, 3.8) is 0 Å². The number of halogens is 1. The van der Waals surface area contributed by atoms with Crippen LogP contribution in [-0.4, -0.2) is 61.2 Å². The number of nitrogens with one attached hydrogen (secondary N) is 2. The number of hydrogen-bond donors (Lipinski definition) is 2. The second-order valence-electron chi connectivity index (χ2n) is 8.12. The van der Waals surface area contributed by atoms with Gasteiger partial charge in [0, 0.05) is 49.2 Å². The predicted molar refractivity (Wildman–Crippen MR) is 141 cm³/mol. The lowest BCUT2D eigenvalue weighted by molar-refractivity contribution is 0.369. The van der Waals surface area contributed by atoms with Crippen molar-refractivity contribution in [3.05, 3.63) is 29.3 Å². The summed E-state index contributed by atoms with van der Waals surface area (Å²) in [5.41, 5.74) is 0.974. The van der Waals surface area contributed by atoms with Crippen molar-refractivity contribution in [2.45, 2.75) is 58.5 Å². The Kier molecular flexibility index (Phi) is 10.5. The smallest absolute Gasteiger partial charge is 0.191 e. The highest BCUT2D eigenvalue weighted by atomic mass is 127. The number of ether oxygens (including phenoxy) is 3. The molecule has 0 saturated carbocycles. The zero-order valence-corrected chi connectivity index (χ0v) is 22.8. The first kappa shape index (κ1) is 27.0. The van der Waals surface area contributed by atoms with E-state index in [0.717, 1.165) is 60.6 Å². The van der Waals surface area contributed by atoms with Gasteiger partial charge in [-0.3, -0.25) is 4.99 Å². The molecule has 9 nitrogen and oxygen atoms in total. The minimum absolute atomic E-state index is 0. The molecule has 1 aliphatic rings. The van der Waals surface area contributed by atoms with Gasteiger partial charge in [-0.1, -0.05) is 13.8 Å². The van der Waals surface area contributed by atoms with Gasteiger partial charge in [-0.05, 0) is 19.8 Å². The molecule has 33 heavy (non-hydrogen) atoms. The van der Waals surface area contributed by atoms with E-state index < -0.39 is 0 Å². The highest BCUT2D eigenvalue weighted by Crippen LogP contribution is 2.34. The Labute approximate surface area is 213 Å². The summed E-state index contributed by atoms with van der Waals surface area (Å²) in [6.07, 6.45) is 2.60. The van der Waals surface area contributed by atoms with Crippen molar-refractivity contribution in [2.24, 2.45) is 4.99 Å². The van der Waals surface area contributed by atoms with Crippen LogP contribution in [0.15, 0.2) is 17.1 Å². The lowest BCUT2D eigenvalue weighted by atomic mass is 10.1. The number of nitrogens with zero attached hydrogens (tertiary/aromatic N) is 4. The van der Waals surface area contributed by atoms with Crippen LogP contribution in [0.4, 0.5) is 0 Å². The summed E-state index contributed by atoms with van der Waals surface area (Å²) in [6.45, 7) is 8.49. The van der Waals surface area contributed by atoms with Crippen LogP contribution in [0.1, 0.15) is 50.3 Å². The van der Waals surface area contributed by atoms with Gasteiger partial charge in [0.25, 0.3) is 0 Å². The van der Waals surface area contributed by atoms with Gasteiger partial charge >= 0.3 is 0 Å². The lowest BCUT2D eigenvalue weighted by Gasteiger charge is -2.25. The van der Waals surface area contributed by atoms with Crippen LogP contribution in [0.3, 0.4) is 0 Å². The minimum Gasteiger partial charge on any atom is -0.496 e. The molecule has 2 aromatic rings. The van der Waals surface area contributed by atoms with E-state index in [1.807, 2.05) is 16.8 Å². The molecular formula is C23H37IN6O3. The second-order valence-corrected chi connectivity index (χ2v) is 8.12. The first-order valence-corrected chi connectivity index (χ1v) is 11.3. The maximum atomic E-state index is 5.55. The molecule has 0 saturated heterocycles. The van der Waals surface area contributed by atoms with Crippen LogP contribution in [-0.2, 0) is 19.4 Å². The normalized spacial score (nSPS) is 15.5. The van der Waals surface area contributed by atoms with Crippen LogP contribution in [0.25, 0.3) is 0 Å². The average Bonchev–Trinajstić information content (AvgIpc) is 3.23.